The van der Waals surface area contributed by atoms with Crippen molar-refractivity contribution in [2.24, 2.45) is 4.99 Å². The number of aromatic amines is 2. The van der Waals surface area contributed by atoms with Crippen LogP contribution >= 0.6 is 15.9 Å². The van der Waals surface area contributed by atoms with E-state index in [9.17, 15) is 4.79 Å². The lowest BCUT2D eigenvalue weighted by molar-refractivity contribution is -0.113. The van der Waals surface area contributed by atoms with E-state index in [1.54, 1.807) is 0 Å². The number of nitrogens with zero attached hydrogens (tertiary/aromatic N) is 1. The Bertz CT molecular complexity index is 1180. The molecule has 1 unspecified atom stereocenters. The first-order chi connectivity index (χ1) is 12.7. The zero-order chi connectivity index (χ0) is 17.7. The van der Waals surface area contributed by atoms with Crippen LogP contribution in [0.2, 0.25) is 0 Å². The number of rotatable bonds is 2. The number of aromatic nitrogens is 2. The number of halogens is 1. The summed E-state index contributed by atoms with van der Waals surface area (Å²) in [5, 5.41) is 2.21. The summed E-state index contributed by atoms with van der Waals surface area (Å²) in [5.41, 5.74) is 4.74. The molecule has 0 spiro atoms. The molecular formula is C21H16BrN3O. The fourth-order valence-corrected chi connectivity index (χ4v) is 4.15. The number of fused-ring (bicyclic) bond motifs is 2. The molecule has 2 N–H and O–H groups in total. The number of hydrogen-bond acceptors (Lipinski definition) is 2. The second kappa shape index (κ2) is 5.95. The second-order valence-electron chi connectivity index (χ2n) is 6.64. The molecule has 1 atom stereocenters. The van der Waals surface area contributed by atoms with Crippen LogP contribution in [0.1, 0.15) is 30.0 Å². The van der Waals surface area contributed by atoms with Gasteiger partial charge in [-0.3, -0.25) is 9.79 Å². The normalized spacial score (nSPS) is 17.8. The van der Waals surface area contributed by atoms with Crippen molar-refractivity contribution in [3.05, 3.63) is 70.5 Å². The lowest BCUT2D eigenvalue weighted by atomic mass is 9.93. The van der Waals surface area contributed by atoms with Crippen molar-refractivity contribution in [2.45, 2.75) is 18.9 Å². The minimum Gasteiger partial charge on any atom is -0.361 e. The first kappa shape index (κ1) is 15.6. The number of carbonyl (C=O) groups excluding carboxylic acids is 1. The summed E-state index contributed by atoms with van der Waals surface area (Å²) in [4.78, 5) is 24.1. The van der Waals surface area contributed by atoms with Crippen LogP contribution in [0.15, 0.2) is 64.3 Å². The molecule has 0 saturated carbocycles. The van der Waals surface area contributed by atoms with Crippen LogP contribution in [-0.4, -0.2) is 21.5 Å². The molecule has 128 valence electrons. The third-order valence-corrected chi connectivity index (χ3v) is 5.57. The molecule has 0 amide bonds. The maximum Gasteiger partial charge on any atom is 0.181 e. The third-order valence-electron chi connectivity index (χ3n) is 5.07. The Labute approximate surface area is 158 Å². The highest BCUT2D eigenvalue weighted by molar-refractivity contribution is 9.10. The van der Waals surface area contributed by atoms with E-state index in [-0.39, 0.29) is 11.8 Å². The van der Waals surface area contributed by atoms with Gasteiger partial charge in [0.05, 0.1) is 6.04 Å². The summed E-state index contributed by atoms with van der Waals surface area (Å²) in [6, 6.07) is 14.3. The molecule has 5 rings (SSSR count). The number of nitrogens with one attached hydrogen (secondary N) is 2. The highest BCUT2D eigenvalue weighted by Crippen LogP contribution is 2.34. The number of Topliss-reactive ketones (excluding diaryl/α,β-unsaturated/α-hetero) is 1. The highest BCUT2D eigenvalue weighted by Gasteiger charge is 2.27. The van der Waals surface area contributed by atoms with Gasteiger partial charge in [-0.1, -0.05) is 40.2 Å². The van der Waals surface area contributed by atoms with E-state index < -0.39 is 0 Å². The molecule has 0 saturated heterocycles. The molecular weight excluding hydrogens is 390 g/mol. The molecule has 4 nitrogen and oxygen atoms in total. The van der Waals surface area contributed by atoms with E-state index in [0.717, 1.165) is 38.4 Å². The van der Waals surface area contributed by atoms with E-state index in [4.69, 9.17) is 4.99 Å². The summed E-state index contributed by atoms with van der Waals surface area (Å²) in [5.74, 6) is 0.116. The summed E-state index contributed by atoms with van der Waals surface area (Å²) in [6.45, 7) is 0. The molecule has 0 aliphatic carbocycles. The van der Waals surface area contributed by atoms with Crippen molar-refractivity contribution < 1.29 is 4.79 Å². The third kappa shape index (κ3) is 2.42. The molecule has 0 bridgehead atoms. The SMILES string of the molecule is O=C1CCC(c2c[nH]c3ccccc23)N=C1c1c[nH]c2cc(Br)ccc12. The van der Waals surface area contributed by atoms with Gasteiger partial charge in [0.15, 0.2) is 5.78 Å². The van der Waals surface area contributed by atoms with E-state index in [2.05, 4.69) is 38.0 Å². The topological polar surface area (TPSA) is 61.0 Å². The molecule has 0 fully saturated rings. The van der Waals surface area contributed by atoms with Crippen molar-refractivity contribution >= 4 is 49.2 Å². The summed E-state index contributed by atoms with van der Waals surface area (Å²) < 4.78 is 1.01. The fraction of sp³-hybridized carbons (Fsp3) is 0.143. The predicted molar refractivity (Wildman–Crippen MR) is 108 cm³/mol. The van der Waals surface area contributed by atoms with E-state index in [1.165, 1.54) is 5.39 Å². The summed E-state index contributed by atoms with van der Waals surface area (Å²) in [6.07, 6.45) is 5.19. The predicted octanol–water partition coefficient (Wildman–Crippen LogP) is 5.31. The molecule has 3 heterocycles. The van der Waals surface area contributed by atoms with Gasteiger partial charge in [0.25, 0.3) is 0 Å². The Hall–Kier alpha value is -2.66. The molecule has 26 heavy (non-hydrogen) atoms. The van der Waals surface area contributed by atoms with Gasteiger partial charge in [-0.25, -0.2) is 0 Å². The molecule has 5 heteroatoms. The minimum absolute atomic E-state index is 0.000696. The van der Waals surface area contributed by atoms with Crippen LogP contribution in [0, 0.1) is 0 Å². The number of para-hydroxylation sites is 1. The Morgan fingerprint density at radius 3 is 2.77 bits per heavy atom. The number of benzene rings is 2. The Balaban J connectivity index is 1.64. The molecule has 4 aromatic rings. The van der Waals surface area contributed by atoms with Gasteiger partial charge < -0.3 is 9.97 Å². The van der Waals surface area contributed by atoms with E-state index >= 15 is 0 Å². The Kier molecular flexibility index (Phi) is 3.57. The molecule has 2 aromatic carbocycles. The highest BCUT2D eigenvalue weighted by atomic mass is 79.9. The summed E-state index contributed by atoms with van der Waals surface area (Å²) in [7, 11) is 0. The van der Waals surface area contributed by atoms with E-state index in [0.29, 0.717) is 12.1 Å². The van der Waals surface area contributed by atoms with Crippen LogP contribution in [0.3, 0.4) is 0 Å². The maximum atomic E-state index is 12.6. The fourth-order valence-electron chi connectivity index (χ4n) is 3.79. The van der Waals surface area contributed by atoms with Gasteiger partial charge in [0.1, 0.15) is 5.71 Å². The number of ketones is 1. The van der Waals surface area contributed by atoms with Crippen molar-refractivity contribution in [2.75, 3.05) is 0 Å². The van der Waals surface area contributed by atoms with Gasteiger partial charge >= 0.3 is 0 Å². The number of hydrogen-bond donors (Lipinski definition) is 2. The van der Waals surface area contributed by atoms with Crippen LogP contribution in [0.4, 0.5) is 0 Å². The lowest BCUT2D eigenvalue weighted by Gasteiger charge is -2.19. The van der Waals surface area contributed by atoms with Gasteiger partial charge in [-0.15, -0.1) is 0 Å². The summed E-state index contributed by atoms with van der Waals surface area (Å²) >= 11 is 3.49. The van der Waals surface area contributed by atoms with Crippen LogP contribution in [0.5, 0.6) is 0 Å². The Morgan fingerprint density at radius 2 is 1.85 bits per heavy atom. The number of carbonyl (C=O) groups is 1. The van der Waals surface area contributed by atoms with Crippen LogP contribution in [0.25, 0.3) is 21.8 Å². The standard InChI is InChI=1S/C21H16BrN3O/c22-12-5-6-14-16(11-24-19(14)9-12)21-20(26)8-7-18(25-21)15-10-23-17-4-2-1-3-13(15)17/h1-6,9-11,18,23-24H,7-8H2. The quantitative estimate of drug-likeness (QED) is 0.466. The number of H-pyrrole nitrogens is 2. The average molecular weight is 406 g/mol. The van der Waals surface area contributed by atoms with Crippen molar-refractivity contribution in [1.29, 1.82) is 0 Å². The van der Waals surface area contributed by atoms with Crippen molar-refractivity contribution in [3.63, 3.8) is 0 Å². The largest absolute Gasteiger partial charge is 0.361 e. The van der Waals surface area contributed by atoms with Gasteiger partial charge in [0.2, 0.25) is 0 Å². The molecule has 0 radical (unpaired) electrons. The van der Waals surface area contributed by atoms with Gasteiger partial charge in [-0.2, -0.15) is 0 Å². The number of aliphatic imine (C=N–C) groups is 1. The average Bonchev–Trinajstić information content (AvgIpc) is 3.26. The zero-order valence-corrected chi connectivity index (χ0v) is 15.5. The van der Waals surface area contributed by atoms with Crippen molar-refractivity contribution in [3.8, 4) is 0 Å². The maximum absolute atomic E-state index is 12.6. The van der Waals surface area contributed by atoms with Crippen LogP contribution in [-0.2, 0) is 4.79 Å². The van der Waals surface area contributed by atoms with Gasteiger partial charge in [-0.05, 0) is 24.6 Å². The molecule has 1 aliphatic rings. The van der Waals surface area contributed by atoms with Crippen molar-refractivity contribution in [1.82, 2.24) is 9.97 Å². The Morgan fingerprint density at radius 1 is 1.00 bits per heavy atom. The van der Waals surface area contributed by atoms with Crippen LogP contribution < -0.4 is 0 Å². The first-order valence-corrected chi connectivity index (χ1v) is 9.44. The van der Waals surface area contributed by atoms with E-state index in [1.807, 2.05) is 42.7 Å². The first-order valence-electron chi connectivity index (χ1n) is 8.65. The minimum atomic E-state index is -0.000696. The molecule has 1 aliphatic heterocycles. The zero-order valence-electron chi connectivity index (χ0n) is 13.9. The molecule has 2 aromatic heterocycles. The van der Waals surface area contributed by atoms with Gasteiger partial charge in [0, 0.05) is 56.2 Å². The second-order valence-corrected chi connectivity index (χ2v) is 7.55. The smallest absolute Gasteiger partial charge is 0.181 e. The monoisotopic (exact) mass is 405 g/mol. The lowest BCUT2D eigenvalue weighted by Crippen LogP contribution is -2.22.